The van der Waals surface area contributed by atoms with Crippen molar-refractivity contribution in [2.24, 2.45) is 5.92 Å². The third-order valence-corrected chi connectivity index (χ3v) is 5.39. The minimum Gasteiger partial charge on any atom is -0.457 e. The van der Waals surface area contributed by atoms with E-state index in [-0.39, 0.29) is 18.0 Å². The largest absolute Gasteiger partial charge is 0.457 e. The second-order valence-corrected chi connectivity index (χ2v) is 8.49. The predicted octanol–water partition coefficient (Wildman–Crippen LogP) is 5.34. The normalized spacial score (nSPS) is 17.2. The van der Waals surface area contributed by atoms with Gasteiger partial charge in [0.15, 0.2) is 0 Å². The fraction of sp³-hybridized carbons (Fsp3) is 0.360. The van der Waals surface area contributed by atoms with E-state index in [4.69, 9.17) is 4.74 Å². The minimum absolute atomic E-state index is 0.0935. The van der Waals surface area contributed by atoms with Gasteiger partial charge in [-0.05, 0) is 70.1 Å². The SMILES string of the molecule is CC(C)(C)N1CCC(/C(C#N)=C/N(CC#N)c2ccc(Oc3ccccc3)cc2)C1. The monoisotopic (exact) mass is 400 g/mol. The molecule has 30 heavy (non-hydrogen) atoms. The van der Waals surface area contributed by atoms with E-state index in [1.54, 1.807) is 0 Å². The first-order valence-corrected chi connectivity index (χ1v) is 10.2. The maximum absolute atomic E-state index is 9.78. The van der Waals surface area contributed by atoms with Gasteiger partial charge >= 0.3 is 0 Å². The lowest BCUT2D eigenvalue weighted by molar-refractivity contribution is 0.171. The zero-order valence-corrected chi connectivity index (χ0v) is 17.9. The lowest BCUT2D eigenvalue weighted by Gasteiger charge is -2.31. The molecule has 154 valence electrons. The summed E-state index contributed by atoms with van der Waals surface area (Å²) in [7, 11) is 0. The Morgan fingerprint density at radius 3 is 2.33 bits per heavy atom. The van der Waals surface area contributed by atoms with Crippen LogP contribution in [0.15, 0.2) is 66.4 Å². The van der Waals surface area contributed by atoms with Crippen LogP contribution in [0, 0.1) is 28.6 Å². The van der Waals surface area contributed by atoms with Crippen molar-refractivity contribution in [2.75, 3.05) is 24.5 Å². The van der Waals surface area contributed by atoms with Crippen LogP contribution in [-0.4, -0.2) is 30.1 Å². The molecule has 1 aliphatic heterocycles. The van der Waals surface area contributed by atoms with E-state index < -0.39 is 0 Å². The Hall–Kier alpha value is -3.28. The van der Waals surface area contributed by atoms with Gasteiger partial charge in [0.25, 0.3) is 0 Å². The van der Waals surface area contributed by atoms with Crippen LogP contribution in [0.3, 0.4) is 0 Å². The predicted molar refractivity (Wildman–Crippen MR) is 119 cm³/mol. The number of hydrogen-bond acceptors (Lipinski definition) is 5. The summed E-state index contributed by atoms with van der Waals surface area (Å²) in [6.07, 6.45) is 2.80. The number of nitrogens with zero attached hydrogens (tertiary/aromatic N) is 4. The maximum atomic E-state index is 9.78. The van der Waals surface area contributed by atoms with Gasteiger partial charge in [0.05, 0.1) is 17.7 Å². The molecule has 0 amide bonds. The van der Waals surface area contributed by atoms with E-state index in [9.17, 15) is 10.5 Å². The van der Waals surface area contributed by atoms with Gasteiger partial charge in [-0.2, -0.15) is 10.5 Å². The summed E-state index contributed by atoms with van der Waals surface area (Å²) < 4.78 is 5.84. The molecule has 1 unspecified atom stereocenters. The van der Waals surface area contributed by atoms with Gasteiger partial charge in [-0.15, -0.1) is 0 Å². The molecular formula is C25H28N4O. The zero-order valence-electron chi connectivity index (χ0n) is 17.9. The van der Waals surface area contributed by atoms with Crippen molar-refractivity contribution in [1.29, 1.82) is 10.5 Å². The average Bonchev–Trinajstić information content (AvgIpc) is 3.23. The van der Waals surface area contributed by atoms with E-state index in [0.717, 1.165) is 42.3 Å². The molecule has 5 nitrogen and oxygen atoms in total. The summed E-state index contributed by atoms with van der Waals surface area (Å²) in [5.41, 5.74) is 1.67. The number of benzene rings is 2. The first kappa shape index (κ1) is 21.4. The first-order valence-electron chi connectivity index (χ1n) is 10.2. The van der Waals surface area contributed by atoms with Crippen LogP contribution < -0.4 is 9.64 Å². The second-order valence-electron chi connectivity index (χ2n) is 8.49. The molecule has 0 radical (unpaired) electrons. The number of para-hydroxylation sites is 1. The van der Waals surface area contributed by atoms with Gasteiger partial charge in [0.2, 0.25) is 0 Å². The molecule has 0 aliphatic carbocycles. The number of anilines is 1. The molecule has 1 heterocycles. The molecule has 2 aromatic carbocycles. The number of likely N-dealkylation sites (tertiary alicyclic amines) is 1. The third kappa shape index (κ3) is 5.41. The van der Waals surface area contributed by atoms with Crippen LogP contribution in [0.25, 0.3) is 0 Å². The molecular weight excluding hydrogens is 372 g/mol. The molecule has 0 aromatic heterocycles. The highest BCUT2D eigenvalue weighted by atomic mass is 16.5. The molecule has 0 N–H and O–H groups in total. The maximum Gasteiger partial charge on any atom is 0.127 e. The summed E-state index contributed by atoms with van der Waals surface area (Å²) in [5.74, 6) is 1.69. The average molecular weight is 401 g/mol. The number of ether oxygens (including phenoxy) is 1. The van der Waals surface area contributed by atoms with Gasteiger partial charge in [0.1, 0.15) is 18.0 Å². The van der Waals surface area contributed by atoms with Crippen molar-refractivity contribution in [3.8, 4) is 23.6 Å². The molecule has 5 heteroatoms. The lowest BCUT2D eigenvalue weighted by Crippen LogP contribution is -2.39. The molecule has 0 bridgehead atoms. The molecule has 1 aliphatic rings. The standard InChI is InChI=1S/C25H28N4O/c1-25(2,3)29-15-13-20(19-29)21(17-27)18-28(16-14-26)22-9-11-24(12-10-22)30-23-7-5-4-6-8-23/h4-12,18,20H,13,15-16,19H2,1-3H3/b21-18+. The Balaban J connectivity index is 1.76. The summed E-state index contributed by atoms with van der Waals surface area (Å²) in [5, 5.41) is 19.1. The van der Waals surface area contributed by atoms with E-state index in [1.165, 1.54) is 0 Å². The van der Waals surface area contributed by atoms with Crippen LogP contribution in [0.2, 0.25) is 0 Å². The minimum atomic E-state index is 0.0935. The van der Waals surface area contributed by atoms with Crippen LogP contribution in [0.1, 0.15) is 27.2 Å². The van der Waals surface area contributed by atoms with Gasteiger partial charge < -0.3 is 9.64 Å². The summed E-state index contributed by atoms with van der Waals surface area (Å²) in [6, 6.07) is 21.8. The van der Waals surface area contributed by atoms with Gasteiger partial charge in [-0.25, -0.2) is 0 Å². The first-order chi connectivity index (χ1) is 14.4. The molecule has 0 saturated carbocycles. The molecule has 0 spiro atoms. The van der Waals surface area contributed by atoms with Crippen LogP contribution in [0.5, 0.6) is 11.5 Å². The Labute approximate surface area is 179 Å². The Morgan fingerprint density at radius 1 is 1.10 bits per heavy atom. The summed E-state index contributed by atoms with van der Waals surface area (Å²) in [4.78, 5) is 4.25. The van der Waals surface area contributed by atoms with Crippen molar-refractivity contribution >= 4 is 5.69 Å². The fourth-order valence-corrected chi connectivity index (χ4v) is 3.63. The third-order valence-electron chi connectivity index (χ3n) is 5.39. The van der Waals surface area contributed by atoms with Crippen LogP contribution in [-0.2, 0) is 0 Å². The van der Waals surface area contributed by atoms with Crippen molar-refractivity contribution in [1.82, 2.24) is 4.90 Å². The molecule has 1 fully saturated rings. The van der Waals surface area contributed by atoms with Crippen LogP contribution in [0.4, 0.5) is 5.69 Å². The second kappa shape index (κ2) is 9.48. The van der Waals surface area contributed by atoms with E-state index in [0.29, 0.717) is 0 Å². The number of hydrogen-bond donors (Lipinski definition) is 0. The Kier molecular flexibility index (Phi) is 6.77. The molecule has 2 aromatic rings. The Morgan fingerprint density at radius 2 is 1.77 bits per heavy atom. The van der Waals surface area contributed by atoms with Crippen molar-refractivity contribution in [3.05, 3.63) is 66.4 Å². The molecule has 3 rings (SSSR count). The van der Waals surface area contributed by atoms with Gasteiger partial charge in [0, 0.05) is 29.9 Å². The van der Waals surface area contributed by atoms with Crippen molar-refractivity contribution in [3.63, 3.8) is 0 Å². The van der Waals surface area contributed by atoms with E-state index in [1.807, 2.05) is 65.7 Å². The fourth-order valence-electron chi connectivity index (χ4n) is 3.63. The topological polar surface area (TPSA) is 63.3 Å². The van der Waals surface area contributed by atoms with Crippen molar-refractivity contribution < 1.29 is 4.74 Å². The van der Waals surface area contributed by atoms with Crippen molar-refractivity contribution in [2.45, 2.75) is 32.7 Å². The highest BCUT2D eigenvalue weighted by Gasteiger charge is 2.32. The summed E-state index contributed by atoms with van der Waals surface area (Å²) >= 11 is 0. The number of rotatable bonds is 6. The number of nitriles is 2. The van der Waals surface area contributed by atoms with E-state index in [2.05, 4.69) is 37.8 Å². The van der Waals surface area contributed by atoms with Gasteiger partial charge in [-0.1, -0.05) is 18.2 Å². The summed E-state index contributed by atoms with van der Waals surface area (Å²) in [6.45, 7) is 8.63. The van der Waals surface area contributed by atoms with Gasteiger partial charge in [-0.3, -0.25) is 4.90 Å². The molecule has 1 saturated heterocycles. The smallest absolute Gasteiger partial charge is 0.127 e. The Bertz CT molecular complexity index is 946. The molecule has 1 atom stereocenters. The highest BCUT2D eigenvalue weighted by molar-refractivity contribution is 5.54. The van der Waals surface area contributed by atoms with E-state index >= 15 is 0 Å². The zero-order chi connectivity index (χ0) is 21.6. The lowest BCUT2D eigenvalue weighted by atomic mass is 9.99. The quantitative estimate of drug-likeness (QED) is 0.484. The van der Waals surface area contributed by atoms with Crippen LogP contribution >= 0.6 is 0 Å². The highest BCUT2D eigenvalue weighted by Crippen LogP contribution is 2.30.